The van der Waals surface area contributed by atoms with Crippen LogP contribution in [0.5, 0.6) is 5.75 Å². The Bertz CT molecular complexity index is 1210. The molecule has 5 nitrogen and oxygen atoms in total. The van der Waals surface area contributed by atoms with Gasteiger partial charge in [-0.1, -0.05) is 25.1 Å². The van der Waals surface area contributed by atoms with E-state index < -0.39 is 29.4 Å². The van der Waals surface area contributed by atoms with Crippen molar-refractivity contribution in [2.24, 2.45) is 0 Å². The highest BCUT2D eigenvalue weighted by Gasteiger charge is 2.47. The summed E-state index contributed by atoms with van der Waals surface area (Å²) in [5, 5.41) is 12.8. The fourth-order valence-corrected chi connectivity index (χ4v) is 4.38. The first-order chi connectivity index (χ1) is 15.4. The second-order valence-electron chi connectivity index (χ2n) is 7.16. The fourth-order valence-electron chi connectivity index (χ4n) is 3.56. The van der Waals surface area contributed by atoms with E-state index in [1.54, 1.807) is 41.8 Å². The van der Waals surface area contributed by atoms with E-state index >= 15 is 0 Å². The van der Waals surface area contributed by atoms with Gasteiger partial charge >= 0.3 is 0 Å². The van der Waals surface area contributed by atoms with Gasteiger partial charge in [0.2, 0.25) is 0 Å². The number of aliphatic hydroxyl groups excluding tert-OH is 1. The number of thiophene rings is 1. The van der Waals surface area contributed by atoms with Gasteiger partial charge in [-0.25, -0.2) is 8.78 Å². The summed E-state index contributed by atoms with van der Waals surface area (Å²) in [6.45, 7) is 2.45. The lowest BCUT2D eigenvalue weighted by Crippen LogP contribution is -2.29. The zero-order chi connectivity index (χ0) is 22.8. The number of benzene rings is 2. The van der Waals surface area contributed by atoms with Crippen molar-refractivity contribution >= 4 is 34.5 Å². The molecule has 0 bridgehead atoms. The summed E-state index contributed by atoms with van der Waals surface area (Å²) < 4.78 is 33.0. The monoisotopic (exact) mass is 455 g/mol. The van der Waals surface area contributed by atoms with Crippen molar-refractivity contribution < 1.29 is 28.2 Å². The van der Waals surface area contributed by atoms with Gasteiger partial charge in [0, 0.05) is 22.2 Å². The molecule has 2 heterocycles. The van der Waals surface area contributed by atoms with Crippen molar-refractivity contribution in [3.63, 3.8) is 0 Å². The minimum absolute atomic E-state index is 0.0171. The number of anilines is 1. The van der Waals surface area contributed by atoms with Crippen LogP contribution in [0, 0.1) is 11.6 Å². The van der Waals surface area contributed by atoms with E-state index in [4.69, 9.17) is 4.74 Å². The van der Waals surface area contributed by atoms with Gasteiger partial charge in [0.15, 0.2) is 11.6 Å². The summed E-state index contributed by atoms with van der Waals surface area (Å²) in [5.74, 6) is -3.91. The van der Waals surface area contributed by atoms with Crippen LogP contribution in [0.3, 0.4) is 0 Å². The van der Waals surface area contributed by atoms with Crippen LogP contribution >= 0.6 is 11.3 Å². The summed E-state index contributed by atoms with van der Waals surface area (Å²) in [4.78, 5) is 27.6. The molecule has 1 fully saturated rings. The second-order valence-corrected chi connectivity index (χ2v) is 8.14. The van der Waals surface area contributed by atoms with Gasteiger partial charge in [-0.15, -0.1) is 11.3 Å². The van der Waals surface area contributed by atoms with Crippen molar-refractivity contribution in [1.29, 1.82) is 0 Å². The molecule has 164 valence electrons. The maximum atomic E-state index is 13.9. The highest BCUT2D eigenvalue weighted by molar-refractivity contribution is 7.10. The molecule has 1 amide bonds. The Hall–Kier alpha value is -3.52. The first-order valence-electron chi connectivity index (χ1n) is 9.95. The molecule has 1 saturated heterocycles. The number of hydrogen-bond acceptors (Lipinski definition) is 5. The number of amides is 1. The molecule has 1 unspecified atom stereocenters. The van der Waals surface area contributed by atoms with Crippen molar-refractivity contribution in [3.8, 4) is 5.75 Å². The molecule has 1 aliphatic heterocycles. The van der Waals surface area contributed by atoms with Crippen LogP contribution in [0.1, 0.15) is 29.8 Å². The quantitative estimate of drug-likeness (QED) is 0.305. The van der Waals surface area contributed by atoms with Crippen molar-refractivity contribution in [2.45, 2.75) is 19.4 Å². The number of aliphatic hydroxyl groups is 1. The van der Waals surface area contributed by atoms with Crippen LogP contribution < -0.4 is 9.64 Å². The van der Waals surface area contributed by atoms with E-state index in [9.17, 15) is 23.5 Å². The Morgan fingerprint density at radius 3 is 2.59 bits per heavy atom. The highest BCUT2D eigenvalue weighted by atomic mass is 32.1. The molecule has 0 spiro atoms. The van der Waals surface area contributed by atoms with Gasteiger partial charge in [-0.05, 0) is 42.1 Å². The van der Waals surface area contributed by atoms with Gasteiger partial charge in [0.05, 0.1) is 12.2 Å². The van der Waals surface area contributed by atoms with Crippen LogP contribution in [0.25, 0.3) is 5.76 Å². The largest absolute Gasteiger partial charge is 0.507 e. The number of rotatable bonds is 6. The van der Waals surface area contributed by atoms with Crippen molar-refractivity contribution in [2.75, 3.05) is 11.5 Å². The maximum Gasteiger partial charge on any atom is 0.300 e. The molecule has 1 aromatic heterocycles. The lowest BCUT2D eigenvalue weighted by atomic mass is 9.99. The zero-order valence-corrected chi connectivity index (χ0v) is 17.9. The zero-order valence-electron chi connectivity index (χ0n) is 17.0. The van der Waals surface area contributed by atoms with Crippen LogP contribution in [0.4, 0.5) is 14.5 Å². The second kappa shape index (κ2) is 8.92. The number of hydrogen-bond donors (Lipinski definition) is 1. The van der Waals surface area contributed by atoms with Gasteiger partial charge in [-0.2, -0.15) is 0 Å². The van der Waals surface area contributed by atoms with E-state index in [1.807, 2.05) is 6.92 Å². The number of nitrogens with zero attached hydrogens (tertiary/aromatic N) is 1. The Balaban J connectivity index is 1.86. The number of ketones is 1. The average Bonchev–Trinajstić information content (AvgIpc) is 3.41. The van der Waals surface area contributed by atoms with Gasteiger partial charge in [-0.3, -0.25) is 14.5 Å². The smallest absolute Gasteiger partial charge is 0.300 e. The SMILES string of the molecule is CCCOc1cccc(/C(O)=C2/C(=O)C(=O)N(c3ccc(F)c(F)c3)C2c2cccs2)c1. The summed E-state index contributed by atoms with van der Waals surface area (Å²) in [7, 11) is 0. The third-order valence-corrected chi connectivity index (χ3v) is 5.94. The minimum Gasteiger partial charge on any atom is -0.507 e. The molecule has 8 heteroatoms. The van der Waals surface area contributed by atoms with Gasteiger partial charge in [0.1, 0.15) is 17.6 Å². The molecule has 0 radical (unpaired) electrons. The summed E-state index contributed by atoms with van der Waals surface area (Å²) in [6, 6.07) is 12.0. The molecule has 1 atom stereocenters. The topological polar surface area (TPSA) is 66.8 Å². The van der Waals surface area contributed by atoms with E-state index in [-0.39, 0.29) is 17.0 Å². The van der Waals surface area contributed by atoms with Crippen molar-refractivity contribution in [1.82, 2.24) is 0 Å². The van der Waals surface area contributed by atoms with Gasteiger partial charge in [0.25, 0.3) is 11.7 Å². The lowest BCUT2D eigenvalue weighted by Gasteiger charge is -2.24. The van der Waals surface area contributed by atoms with Crippen LogP contribution in [-0.4, -0.2) is 23.4 Å². The highest BCUT2D eigenvalue weighted by Crippen LogP contribution is 2.43. The molecule has 32 heavy (non-hydrogen) atoms. The Kier molecular flexibility index (Phi) is 6.05. The minimum atomic E-state index is -1.14. The Morgan fingerprint density at radius 2 is 1.91 bits per heavy atom. The van der Waals surface area contributed by atoms with E-state index in [1.165, 1.54) is 17.4 Å². The van der Waals surface area contributed by atoms with Gasteiger partial charge < -0.3 is 9.84 Å². The number of Topliss-reactive ketones (excluding diaryl/α,β-unsaturated/α-hetero) is 1. The van der Waals surface area contributed by atoms with Crippen LogP contribution in [0.2, 0.25) is 0 Å². The number of halogens is 2. The van der Waals surface area contributed by atoms with E-state index in [0.717, 1.165) is 23.5 Å². The number of carbonyl (C=O) groups is 2. The Morgan fingerprint density at radius 1 is 1.09 bits per heavy atom. The third kappa shape index (κ3) is 3.89. The first kappa shape index (κ1) is 21.7. The molecule has 2 aromatic carbocycles. The lowest BCUT2D eigenvalue weighted by molar-refractivity contribution is -0.132. The summed E-state index contributed by atoms with van der Waals surface area (Å²) >= 11 is 1.28. The number of carbonyl (C=O) groups excluding carboxylic acids is 2. The molecule has 1 N–H and O–H groups in total. The standard InChI is InChI=1S/C24H19F2NO4S/c1-2-10-31-16-6-3-5-14(12-16)22(28)20-21(19-7-4-11-32-19)27(24(30)23(20)29)15-8-9-17(25)18(26)13-15/h3-9,11-13,21,28H,2,10H2,1H3/b22-20-. The summed E-state index contributed by atoms with van der Waals surface area (Å²) in [6.07, 6.45) is 0.800. The average molecular weight is 455 g/mol. The number of ether oxygens (including phenoxy) is 1. The summed E-state index contributed by atoms with van der Waals surface area (Å²) in [5.41, 5.74) is 0.196. The Labute approximate surface area is 187 Å². The predicted molar refractivity (Wildman–Crippen MR) is 118 cm³/mol. The molecule has 4 rings (SSSR count). The molecular formula is C24H19F2NO4S. The molecule has 0 saturated carbocycles. The molecule has 0 aliphatic carbocycles. The predicted octanol–water partition coefficient (Wildman–Crippen LogP) is 5.44. The van der Waals surface area contributed by atoms with Crippen LogP contribution in [-0.2, 0) is 9.59 Å². The van der Waals surface area contributed by atoms with E-state index in [2.05, 4.69) is 0 Å². The molecular weight excluding hydrogens is 436 g/mol. The molecule has 1 aliphatic rings. The first-order valence-corrected chi connectivity index (χ1v) is 10.8. The maximum absolute atomic E-state index is 13.9. The third-order valence-electron chi connectivity index (χ3n) is 5.02. The van der Waals surface area contributed by atoms with Crippen LogP contribution in [0.15, 0.2) is 65.6 Å². The molecule has 3 aromatic rings. The normalized spacial score (nSPS) is 17.7. The fraction of sp³-hybridized carbons (Fsp3) is 0.167. The van der Waals surface area contributed by atoms with E-state index in [0.29, 0.717) is 22.8 Å². The van der Waals surface area contributed by atoms with Crippen molar-refractivity contribution in [3.05, 3.63) is 87.6 Å².